The van der Waals surface area contributed by atoms with Crippen molar-refractivity contribution in [3.8, 4) is 0 Å². The molecule has 13 nitrogen and oxygen atoms in total. The summed E-state index contributed by atoms with van der Waals surface area (Å²) >= 11 is 0. The molecule has 176 valence electrons. The Bertz CT molecular complexity index is 694. The lowest BCUT2D eigenvalue weighted by molar-refractivity contribution is -0.144. The summed E-state index contributed by atoms with van der Waals surface area (Å²) in [5.41, 5.74) is 5.48. The highest BCUT2D eigenvalue weighted by Gasteiger charge is 2.31. The standard InChI is InChI=1S/C18H30N4O9/c1-8(2)14(22-15(27)9(3)19)17(29)20-10(4-6-12(23)24)16(28)21-11(18(30)31)5-7-13(25)26/h8-11,14H,4-7,19H2,1-3H3,(H,20,29)(H,21,28)(H,22,27)(H,23,24)(H,25,26)(H,30,31). The lowest BCUT2D eigenvalue weighted by Gasteiger charge is -2.26. The van der Waals surface area contributed by atoms with E-state index in [1.807, 2.05) is 0 Å². The highest BCUT2D eigenvalue weighted by Crippen LogP contribution is 2.07. The highest BCUT2D eigenvalue weighted by molar-refractivity contribution is 5.94. The zero-order valence-electron chi connectivity index (χ0n) is 17.6. The molecule has 0 heterocycles. The number of nitrogens with two attached hydrogens (primary N) is 1. The van der Waals surface area contributed by atoms with Crippen molar-refractivity contribution in [3.05, 3.63) is 0 Å². The minimum Gasteiger partial charge on any atom is -0.481 e. The summed E-state index contributed by atoms with van der Waals surface area (Å²) in [5.74, 6) is -6.80. The van der Waals surface area contributed by atoms with E-state index in [-0.39, 0.29) is 6.42 Å². The summed E-state index contributed by atoms with van der Waals surface area (Å²) in [6.07, 6.45) is -1.80. The van der Waals surface area contributed by atoms with Gasteiger partial charge < -0.3 is 37.0 Å². The van der Waals surface area contributed by atoms with Crippen molar-refractivity contribution in [2.24, 2.45) is 11.7 Å². The van der Waals surface area contributed by atoms with Crippen molar-refractivity contribution >= 4 is 35.6 Å². The smallest absolute Gasteiger partial charge is 0.326 e. The minimum atomic E-state index is -1.55. The second-order valence-electron chi connectivity index (χ2n) is 7.34. The molecule has 13 heteroatoms. The highest BCUT2D eigenvalue weighted by atomic mass is 16.4. The summed E-state index contributed by atoms with van der Waals surface area (Å²) in [6, 6.07) is -4.96. The molecule has 0 rings (SSSR count). The number of carbonyl (C=O) groups excluding carboxylic acids is 3. The number of rotatable bonds is 14. The number of carbonyl (C=O) groups is 6. The molecule has 0 aromatic heterocycles. The summed E-state index contributed by atoms with van der Waals surface area (Å²) < 4.78 is 0. The van der Waals surface area contributed by atoms with Gasteiger partial charge in [-0.15, -0.1) is 0 Å². The van der Waals surface area contributed by atoms with Gasteiger partial charge in [0.05, 0.1) is 6.04 Å². The quantitative estimate of drug-likeness (QED) is 0.159. The molecule has 0 aliphatic carbocycles. The third-order valence-corrected chi connectivity index (χ3v) is 4.20. The molecule has 0 fully saturated rings. The fourth-order valence-electron chi connectivity index (χ4n) is 2.42. The van der Waals surface area contributed by atoms with Crippen LogP contribution >= 0.6 is 0 Å². The van der Waals surface area contributed by atoms with E-state index in [9.17, 15) is 33.9 Å². The number of carboxylic acids is 3. The molecular formula is C18H30N4O9. The molecule has 3 amide bonds. The van der Waals surface area contributed by atoms with Crippen LogP contribution in [-0.4, -0.2) is 75.1 Å². The molecule has 31 heavy (non-hydrogen) atoms. The molecule has 0 bridgehead atoms. The Morgan fingerprint density at radius 3 is 1.55 bits per heavy atom. The van der Waals surface area contributed by atoms with Crippen LogP contribution in [0.1, 0.15) is 46.5 Å². The zero-order chi connectivity index (χ0) is 24.3. The number of hydrogen-bond acceptors (Lipinski definition) is 7. The first kappa shape index (κ1) is 27.8. The molecule has 0 spiro atoms. The maximum Gasteiger partial charge on any atom is 0.326 e. The van der Waals surface area contributed by atoms with Crippen LogP contribution in [0.3, 0.4) is 0 Å². The summed E-state index contributed by atoms with van der Waals surface area (Å²) in [7, 11) is 0. The minimum absolute atomic E-state index is 0.357. The van der Waals surface area contributed by atoms with Crippen molar-refractivity contribution < 1.29 is 44.1 Å². The summed E-state index contributed by atoms with van der Waals surface area (Å²) in [4.78, 5) is 69.9. The number of hydrogen-bond donors (Lipinski definition) is 7. The van der Waals surface area contributed by atoms with E-state index in [0.717, 1.165) is 0 Å². The predicted octanol–water partition coefficient (Wildman–Crippen LogP) is -1.74. The first-order valence-corrected chi connectivity index (χ1v) is 9.59. The largest absolute Gasteiger partial charge is 0.481 e. The maximum absolute atomic E-state index is 12.6. The molecule has 8 N–H and O–H groups in total. The average Bonchev–Trinajstić information content (AvgIpc) is 2.64. The molecule has 0 aliphatic rings. The summed E-state index contributed by atoms with van der Waals surface area (Å²) in [5, 5.41) is 33.7. The third-order valence-electron chi connectivity index (χ3n) is 4.20. The Labute approximate surface area is 178 Å². The zero-order valence-corrected chi connectivity index (χ0v) is 17.6. The second-order valence-corrected chi connectivity index (χ2v) is 7.34. The third kappa shape index (κ3) is 10.9. The number of nitrogens with one attached hydrogen (secondary N) is 3. The van der Waals surface area contributed by atoms with Gasteiger partial charge in [0.1, 0.15) is 18.1 Å². The lowest BCUT2D eigenvalue weighted by atomic mass is 10.0. The van der Waals surface area contributed by atoms with Gasteiger partial charge in [-0.1, -0.05) is 13.8 Å². The van der Waals surface area contributed by atoms with Crippen molar-refractivity contribution in [2.75, 3.05) is 0 Å². The van der Waals surface area contributed by atoms with Gasteiger partial charge in [0, 0.05) is 12.8 Å². The van der Waals surface area contributed by atoms with E-state index < -0.39 is 85.0 Å². The first-order valence-electron chi connectivity index (χ1n) is 9.59. The van der Waals surface area contributed by atoms with Crippen molar-refractivity contribution in [3.63, 3.8) is 0 Å². The van der Waals surface area contributed by atoms with E-state index in [1.165, 1.54) is 6.92 Å². The van der Waals surface area contributed by atoms with Crippen LogP contribution in [0.2, 0.25) is 0 Å². The van der Waals surface area contributed by atoms with Gasteiger partial charge in [-0.3, -0.25) is 24.0 Å². The van der Waals surface area contributed by atoms with Gasteiger partial charge in [0.15, 0.2) is 0 Å². The molecular weight excluding hydrogens is 416 g/mol. The fourth-order valence-corrected chi connectivity index (χ4v) is 2.42. The van der Waals surface area contributed by atoms with E-state index in [4.69, 9.17) is 15.9 Å². The maximum atomic E-state index is 12.6. The number of aliphatic carboxylic acids is 3. The molecule has 0 radical (unpaired) electrons. The van der Waals surface area contributed by atoms with E-state index in [1.54, 1.807) is 13.8 Å². The average molecular weight is 446 g/mol. The Kier molecular flexibility index (Phi) is 11.8. The van der Waals surface area contributed by atoms with Gasteiger partial charge in [-0.05, 0) is 25.7 Å². The number of amides is 3. The van der Waals surface area contributed by atoms with Crippen molar-refractivity contribution in [1.29, 1.82) is 0 Å². The fraction of sp³-hybridized carbons (Fsp3) is 0.667. The van der Waals surface area contributed by atoms with Gasteiger partial charge in [-0.25, -0.2) is 4.79 Å². The van der Waals surface area contributed by atoms with Gasteiger partial charge in [0.2, 0.25) is 17.7 Å². The predicted molar refractivity (Wildman–Crippen MR) is 106 cm³/mol. The van der Waals surface area contributed by atoms with Crippen LogP contribution in [-0.2, 0) is 28.8 Å². The second kappa shape index (κ2) is 13.2. The molecule has 0 saturated carbocycles. The van der Waals surface area contributed by atoms with E-state index in [2.05, 4.69) is 16.0 Å². The molecule has 0 aromatic carbocycles. The normalized spacial score (nSPS) is 14.6. The topological polar surface area (TPSA) is 225 Å². The van der Waals surface area contributed by atoms with Crippen LogP contribution in [0, 0.1) is 5.92 Å². The van der Waals surface area contributed by atoms with Crippen LogP contribution < -0.4 is 21.7 Å². The van der Waals surface area contributed by atoms with Crippen LogP contribution in [0.4, 0.5) is 0 Å². The Hall–Kier alpha value is -3.22. The first-order chi connectivity index (χ1) is 14.3. The van der Waals surface area contributed by atoms with Gasteiger partial charge in [0.25, 0.3) is 0 Å². The molecule has 4 unspecified atom stereocenters. The SMILES string of the molecule is CC(N)C(=O)NC(C(=O)NC(CCC(=O)O)C(=O)NC(CCC(=O)O)C(=O)O)C(C)C. The van der Waals surface area contributed by atoms with E-state index >= 15 is 0 Å². The van der Waals surface area contributed by atoms with Crippen molar-refractivity contribution in [1.82, 2.24) is 16.0 Å². The van der Waals surface area contributed by atoms with Crippen molar-refractivity contribution in [2.45, 2.75) is 70.6 Å². The van der Waals surface area contributed by atoms with E-state index in [0.29, 0.717) is 0 Å². The van der Waals surface area contributed by atoms with Gasteiger partial charge >= 0.3 is 17.9 Å². The lowest BCUT2D eigenvalue weighted by Crippen LogP contribution is -2.58. The molecule has 0 aromatic rings. The monoisotopic (exact) mass is 446 g/mol. The summed E-state index contributed by atoms with van der Waals surface area (Å²) in [6.45, 7) is 4.67. The Balaban J connectivity index is 5.45. The van der Waals surface area contributed by atoms with Crippen LogP contribution in [0.15, 0.2) is 0 Å². The molecule has 4 atom stereocenters. The van der Waals surface area contributed by atoms with Crippen LogP contribution in [0.25, 0.3) is 0 Å². The Morgan fingerprint density at radius 2 is 1.16 bits per heavy atom. The molecule has 0 aliphatic heterocycles. The van der Waals surface area contributed by atoms with Gasteiger partial charge in [-0.2, -0.15) is 0 Å². The Morgan fingerprint density at radius 1 is 0.710 bits per heavy atom. The van der Waals surface area contributed by atoms with Crippen LogP contribution in [0.5, 0.6) is 0 Å². The number of carboxylic acid groups (broad SMARTS) is 3. The molecule has 0 saturated heterocycles.